The zero-order valence-corrected chi connectivity index (χ0v) is 8.61. The summed E-state index contributed by atoms with van der Waals surface area (Å²) in [7, 11) is 0. The van der Waals surface area contributed by atoms with Crippen LogP contribution in [0.15, 0.2) is 43.1 Å². The molecule has 0 atom stereocenters. The van der Waals surface area contributed by atoms with Gasteiger partial charge in [-0.05, 0) is 12.1 Å². The normalized spacial score (nSPS) is 11.0. The number of rotatable bonds is 2. The maximum Gasteiger partial charge on any atom is 0.138 e. The summed E-state index contributed by atoms with van der Waals surface area (Å²) in [6.07, 6.45) is 7.30. The van der Waals surface area contributed by atoms with Gasteiger partial charge in [-0.15, -0.1) is 0 Å². The molecule has 5 nitrogen and oxygen atoms in total. The number of nitrogen functional groups attached to an aromatic ring is 1. The van der Waals surface area contributed by atoms with Crippen LogP contribution in [0.5, 0.6) is 0 Å². The lowest BCUT2D eigenvalue weighted by Gasteiger charge is -1.99. The average molecular weight is 213 g/mol. The Labute approximate surface area is 92.2 Å². The van der Waals surface area contributed by atoms with Crippen molar-refractivity contribution in [2.24, 2.45) is 0 Å². The lowest BCUT2D eigenvalue weighted by molar-refractivity contribution is 0.781. The van der Waals surface area contributed by atoms with Crippen LogP contribution in [-0.2, 0) is 6.54 Å². The van der Waals surface area contributed by atoms with Crippen LogP contribution in [0, 0.1) is 0 Å². The highest BCUT2D eigenvalue weighted by molar-refractivity contribution is 5.52. The first-order chi connectivity index (χ1) is 7.84. The van der Waals surface area contributed by atoms with Crippen molar-refractivity contribution in [2.45, 2.75) is 6.54 Å². The molecule has 80 valence electrons. The van der Waals surface area contributed by atoms with Crippen molar-refractivity contribution in [3.63, 3.8) is 0 Å². The van der Waals surface area contributed by atoms with Gasteiger partial charge < -0.3 is 10.3 Å². The molecular weight excluding hydrogens is 202 g/mol. The van der Waals surface area contributed by atoms with E-state index in [4.69, 9.17) is 5.73 Å². The third kappa shape index (κ3) is 1.33. The minimum atomic E-state index is 0.646. The van der Waals surface area contributed by atoms with Crippen LogP contribution in [0.3, 0.4) is 0 Å². The second-order valence-electron chi connectivity index (χ2n) is 3.61. The summed E-state index contributed by atoms with van der Waals surface area (Å²) < 4.78 is 3.82. The van der Waals surface area contributed by atoms with Gasteiger partial charge in [-0.3, -0.25) is 4.40 Å². The van der Waals surface area contributed by atoms with Gasteiger partial charge in [-0.2, -0.15) is 0 Å². The average Bonchev–Trinajstić information content (AvgIpc) is 2.90. The highest BCUT2D eigenvalue weighted by atomic mass is 15.1. The van der Waals surface area contributed by atoms with Gasteiger partial charge in [0, 0.05) is 18.6 Å². The fraction of sp³-hybridized carbons (Fsp3) is 0.0909. The van der Waals surface area contributed by atoms with Crippen LogP contribution in [-0.4, -0.2) is 18.9 Å². The molecule has 0 bridgehead atoms. The standard InChI is InChI=1S/C11H11N5/c12-11-9(7-15-6-4-13-8-15)14-10-3-1-2-5-16(10)11/h1-6,8H,7,12H2. The van der Waals surface area contributed by atoms with Gasteiger partial charge in [0.25, 0.3) is 0 Å². The zero-order chi connectivity index (χ0) is 11.0. The fourth-order valence-corrected chi connectivity index (χ4v) is 1.73. The lowest BCUT2D eigenvalue weighted by Crippen LogP contribution is -2.01. The van der Waals surface area contributed by atoms with Gasteiger partial charge in [0.15, 0.2) is 0 Å². The molecule has 0 spiro atoms. The lowest BCUT2D eigenvalue weighted by atomic mass is 10.4. The predicted octanol–water partition coefficient (Wildman–Crippen LogP) is 1.16. The van der Waals surface area contributed by atoms with Gasteiger partial charge in [0.2, 0.25) is 0 Å². The summed E-state index contributed by atoms with van der Waals surface area (Å²) in [6, 6.07) is 5.82. The third-order valence-corrected chi connectivity index (χ3v) is 2.53. The molecule has 0 radical (unpaired) electrons. The number of pyridine rings is 1. The first kappa shape index (κ1) is 8.96. The molecule has 0 aliphatic rings. The molecule has 3 heterocycles. The molecule has 3 aromatic heterocycles. The molecule has 0 saturated heterocycles. The maximum atomic E-state index is 6.02. The third-order valence-electron chi connectivity index (χ3n) is 2.53. The summed E-state index contributed by atoms with van der Waals surface area (Å²) in [5, 5.41) is 0. The Kier molecular flexibility index (Phi) is 1.89. The van der Waals surface area contributed by atoms with Crippen molar-refractivity contribution in [1.82, 2.24) is 18.9 Å². The summed E-state index contributed by atoms with van der Waals surface area (Å²) in [4.78, 5) is 8.47. The number of imidazole rings is 2. The molecule has 5 heteroatoms. The zero-order valence-electron chi connectivity index (χ0n) is 8.61. The molecule has 0 aliphatic carbocycles. The van der Waals surface area contributed by atoms with E-state index in [0.717, 1.165) is 11.3 Å². The summed E-state index contributed by atoms with van der Waals surface area (Å²) in [6.45, 7) is 0.646. The van der Waals surface area contributed by atoms with Crippen LogP contribution in [0.1, 0.15) is 5.69 Å². The Hall–Kier alpha value is -2.30. The van der Waals surface area contributed by atoms with Gasteiger partial charge in [-0.25, -0.2) is 9.97 Å². The van der Waals surface area contributed by atoms with Crippen LogP contribution in [0.2, 0.25) is 0 Å². The largest absolute Gasteiger partial charge is 0.383 e. The van der Waals surface area contributed by atoms with Crippen LogP contribution >= 0.6 is 0 Å². The van der Waals surface area contributed by atoms with Crippen LogP contribution < -0.4 is 5.73 Å². The Morgan fingerprint density at radius 1 is 1.25 bits per heavy atom. The van der Waals surface area contributed by atoms with Crippen molar-refractivity contribution in [2.75, 3.05) is 5.73 Å². The molecule has 0 aliphatic heterocycles. The smallest absolute Gasteiger partial charge is 0.138 e. The molecule has 16 heavy (non-hydrogen) atoms. The number of hydrogen-bond donors (Lipinski definition) is 1. The van der Waals surface area contributed by atoms with Crippen molar-refractivity contribution < 1.29 is 0 Å². The predicted molar refractivity (Wildman–Crippen MR) is 60.9 cm³/mol. The van der Waals surface area contributed by atoms with E-state index in [0.29, 0.717) is 12.4 Å². The van der Waals surface area contributed by atoms with E-state index in [9.17, 15) is 0 Å². The van der Waals surface area contributed by atoms with Crippen LogP contribution in [0.25, 0.3) is 5.65 Å². The minimum Gasteiger partial charge on any atom is -0.383 e. The molecule has 0 saturated carbocycles. The number of nitrogens with two attached hydrogens (primary N) is 1. The van der Waals surface area contributed by atoms with Crippen molar-refractivity contribution in [3.8, 4) is 0 Å². The molecule has 0 amide bonds. The second kappa shape index (κ2) is 3.37. The Morgan fingerprint density at radius 2 is 2.19 bits per heavy atom. The second-order valence-corrected chi connectivity index (χ2v) is 3.61. The number of aromatic nitrogens is 4. The van der Waals surface area contributed by atoms with E-state index in [1.165, 1.54) is 0 Å². The highest BCUT2D eigenvalue weighted by Gasteiger charge is 2.08. The Balaban J connectivity index is 2.07. The molecule has 3 aromatic rings. The summed E-state index contributed by atoms with van der Waals surface area (Å²) in [5.41, 5.74) is 7.76. The number of hydrogen-bond acceptors (Lipinski definition) is 3. The maximum absolute atomic E-state index is 6.02. The SMILES string of the molecule is Nc1c(Cn2ccnc2)nc2ccccn12. The highest BCUT2D eigenvalue weighted by Crippen LogP contribution is 2.15. The molecule has 3 rings (SSSR count). The Morgan fingerprint density at radius 3 is 2.94 bits per heavy atom. The van der Waals surface area contributed by atoms with E-state index >= 15 is 0 Å². The van der Waals surface area contributed by atoms with E-state index < -0.39 is 0 Å². The van der Waals surface area contributed by atoms with E-state index in [-0.39, 0.29) is 0 Å². The number of nitrogens with zero attached hydrogens (tertiary/aromatic N) is 4. The summed E-state index contributed by atoms with van der Waals surface area (Å²) in [5.74, 6) is 0.685. The topological polar surface area (TPSA) is 61.1 Å². The minimum absolute atomic E-state index is 0.646. The van der Waals surface area contributed by atoms with Crippen molar-refractivity contribution in [1.29, 1.82) is 0 Å². The number of fused-ring (bicyclic) bond motifs is 1. The van der Waals surface area contributed by atoms with Crippen LogP contribution in [0.4, 0.5) is 5.82 Å². The van der Waals surface area contributed by atoms with Crippen molar-refractivity contribution in [3.05, 3.63) is 48.8 Å². The van der Waals surface area contributed by atoms with E-state index in [1.807, 2.05) is 39.6 Å². The van der Waals surface area contributed by atoms with Gasteiger partial charge in [-0.1, -0.05) is 6.07 Å². The molecular formula is C11H11N5. The van der Waals surface area contributed by atoms with E-state index in [2.05, 4.69) is 9.97 Å². The first-order valence-electron chi connectivity index (χ1n) is 5.02. The van der Waals surface area contributed by atoms with E-state index in [1.54, 1.807) is 12.5 Å². The number of anilines is 1. The van der Waals surface area contributed by atoms with Gasteiger partial charge >= 0.3 is 0 Å². The quantitative estimate of drug-likeness (QED) is 0.695. The molecule has 0 unspecified atom stereocenters. The molecule has 0 aromatic carbocycles. The van der Waals surface area contributed by atoms with Gasteiger partial charge in [0.1, 0.15) is 17.2 Å². The Bertz CT molecular complexity index is 608. The fourth-order valence-electron chi connectivity index (χ4n) is 1.73. The van der Waals surface area contributed by atoms with Crippen molar-refractivity contribution >= 4 is 11.5 Å². The summed E-state index contributed by atoms with van der Waals surface area (Å²) >= 11 is 0. The van der Waals surface area contributed by atoms with Gasteiger partial charge in [0.05, 0.1) is 12.9 Å². The molecule has 0 fully saturated rings. The first-order valence-corrected chi connectivity index (χ1v) is 5.02. The monoisotopic (exact) mass is 213 g/mol. The molecule has 2 N–H and O–H groups in total.